The van der Waals surface area contributed by atoms with E-state index in [0.29, 0.717) is 11.5 Å². The monoisotopic (exact) mass is 358 g/mol. The summed E-state index contributed by atoms with van der Waals surface area (Å²) in [5.74, 6) is 0.958. The first-order chi connectivity index (χ1) is 12.7. The number of rotatable bonds is 8. The van der Waals surface area contributed by atoms with Crippen LogP contribution in [0.1, 0.15) is 31.2 Å². The van der Waals surface area contributed by atoms with Crippen LogP contribution in [0.5, 0.6) is 0 Å². The van der Waals surface area contributed by atoms with Crippen LogP contribution in [-0.2, 0) is 11.2 Å². The summed E-state index contributed by atoms with van der Waals surface area (Å²) in [6.45, 7) is 5.14. The number of aliphatic imine (C=N–C) groups is 1. The summed E-state index contributed by atoms with van der Waals surface area (Å²) in [6.07, 6.45) is 6.11. The second-order valence-corrected chi connectivity index (χ2v) is 7.84. The maximum atomic E-state index is 5.18. The Hall–Kier alpha value is -1.59. The molecule has 1 saturated carbocycles. The molecule has 0 aromatic heterocycles. The van der Waals surface area contributed by atoms with Crippen LogP contribution in [0.15, 0.2) is 35.3 Å². The van der Waals surface area contributed by atoms with E-state index in [1.54, 1.807) is 7.11 Å². The number of benzene rings is 1. The number of likely N-dealkylation sites (tertiary alicyclic amines) is 1. The van der Waals surface area contributed by atoms with Gasteiger partial charge in [0, 0.05) is 46.4 Å². The van der Waals surface area contributed by atoms with Gasteiger partial charge in [-0.3, -0.25) is 4.99 Å². The van der Waals surface area contributed by atoms with Gasteiger partial charge in [-0.1, -0.05) is 30.3 Å². The molecule has 5 heteroatoms. The van der Waals surface area contributed by atoms with Crippen LogP contribution in [0, 0.1) is 5.41 Å². The van der Waals surface area contributed by atoms with Gasteiger partial charge in [0.25, 0.3) is 0 Å². The topological polar surface area (TPSA) is 48.9 Å². The van der Waals surface area contributed by atoms with Crippen LogP contribution in [0.2, 0.25) is 0 Å². The van der Waals surface area contributed by atoms with Gasteiger partial charge in [0.1, 0.15) is 0 Å². The normalized spacial score (nSPS) is 20.8. The van der Waals surface area contributed by atoms with Crippen molar-refractivity contribution in [2.24, 2.45) is 10.4 Å². The van der Waals surface area contributed by atoms with Crippen molar-refractivity contribution < 1.29 is 4.74 Å². The van der Waals surface area contributed by atoms with E-state index >= 15 is 0 Å². The number of ether oxygens (including phenoxy) is 1. The van der Waals surface area contributed by atoms with Crippen LogP contribution in [-0.4, -0.2) is 63.8 Å². The second-order valence-electron chi connectivity index (χ2n) is 7.84. The minimum atomic E-state index is 0.419. The largest absolute Gasteiger partial charge is 0.383 e. The fourth-order valence-corrected chi connectivity index (χ4v) is 3.80. The van der Waals surface area contributed by atoms with Gasteiger partial charge in [0.2, 0.25) is 0 Å². The SMILES string of the molecule is CN=C(NCC1(Cc2ccccc2)CC1)NC1CCN(CCOC)CC1. The minimum Gasteiger partial charge on any atom is -0.383 e. The van der Waals surface area contributed by atoms with Crippen LogP contribution in [0.25, 0.3) is 0 Å². The van der Waals surface area contributed by atoms with E-state index in [1.165, 1.54) is 31.2 Å². The van der Waals surface area contributed by atoms with Crippen molar-refractivity contribution in [1.29, 1.82) is 0 Å². The van der Waals surface area contributed by atoms with Gasteiger partial charge < -0.3 is 20.3 Å². The van der Waals surface area contributed by atoms with Gasteiger partial charge in [-0.2, -0.15) is 0 Å². The Morgan fingerprint density at radius 1 is 1.23 bits per heavy atom. The number of hydrogen-bond acceptors (Lipinski definition) is 3. The van der Waals surface area contributed by atoms with Gasteiger partial charge in [0.15, 0.2) is 5.96 Å². The number of piperidine rings is 1. The van der Waals surface area contributed by atoms with Crippen molar-refractivity contribution in [1.82, 2.24) is 15.5 Å². The Labute approximate surface area is 158 Å². The molecule has 2 aliphatic rings. The Kier molecular flexibility index (Phi) is 6.92. The Morgan fingerprint density at radius 2 is 1.96 bits per heavy atom. The average Bonchev–Trinajstić information content (AvgIpc) is 3.45. The Balaban J connectivity index is 1.40. The maximum Gasteiger partial charge on any atom is 0.191 e. The summed E-state index contributed by atoms with van der Waals surface area (Å²) >= 11 is 0. The minimum absolute atomic E-state index is 0.419. The maximum absolute atomic E-state index is 5.18. The lowest BCUT2D eigenvalue weighted by atomic mass is 9.96. The van der Waals surface area contributed by atoms with E-state index in [0.717, 1.165) is 45.2 Å². The molecule has 1 aliphatic carbocycles. The molecule has 3 rings (SSSR count). The van der Waals surface area contributed by atoms with Crippen molar-refractivity contribution in [2.45, 2.75) is 38.1 Å². The zero-order chi connectivity index (χ0) is 18.2. The van der Waals surface area contributed by atoms with Crippen molar-refractivity contribution in [3.8, 4) is 0 Å². The zero-order valence-corrected chi connectivity index (χ0v) is 16.3. The lowest BCUT2D eigenvalue weighted by molar-refractivity contribution is 0.128. The molecule has 0 spiro atoms. The molecule has 2 N–H and O–H groups in total. The van der Waals surface area contributed by atoms with Crippen molar-refractivity contribution in [3.05, 3.63) is 35.9 Å². The molecule has 26 heavy (non-hydrogen) atoms. The average molecular weight is 359 g/mol. The summed E-state index contributed by atoms with van der Waals surface area (Å²) in [7, 11) is 3.65. The van der Waals surface area contributed by atoms with Crippen molar-refractivity contribution in [2.75, 3.05) is 46.9 Å². The van der Waals surface area contributed by atoms with Gasteiger partial charge in [-0.15, -0.1) is 0 Å². The van der Waals surface area contributed by atoms with E-state index in [4.69, 9.17) is 4.74 Å². The standard InChI is InChI=1S/C21H34N4O/c1-22-20(24-19-8-12-25(13-9-19)14-15-26-2)23-17-21(10-11-21)16-18-6-4-3-5-7-18/h3-7,19H,8-17H2,1-2H3,(H2,22,23,24). The number of nitrogens with one attached hydrogen (secondary N) is 2. The second kappa shape index (κ2) is 9.38. The quantitative estimate of drug-likeness (QED) is 0.553. The summed E-state index contributed by atoms with van der Waals surface area (Å²) < 4.78 is 5.18. The number of guanidine groups is 1. The lowest BCUT2D eigenvalue weighted by Gasteiger charge is -2.33. The van der Waals surface area contributed by atoms with Crippen LogP contribution < -0.4 is 10.6 Å². The molecular weight excluding hydrogens is 324 g/mol. The summed E-state index contributed by atoms with van der Waals surface area (Å²) in [5.41, 5.74) is 1.86. The van der Waals surface area contributed by atoms with Crippen LogP contribution in [0.3, 0.4) is 0 Å². The van der Waals surface area contributed by atoms with Gasteiger partial charge in [0.05, 0.1) is 6.61 Å². The molecule has 5 nitrogen and oxygen atoms in total. The molecule has 2 fully saturated rings. The molecule has 0 radical (unpaired) electrons. The van der Waals surface area contributed by atoms with Crippen LogP contribution >= 0.6 is 0 Å². The first-order valence-electron chi connectivity index (χ1n) is 9.95. The third-order valence-corrected chi connectivity index (χ3v) is 5.77. The number of nitrogens with zero attached hydrogens (tertiary/aromatic N) is 2. The third kappa shape index (κ3) is 5.71. The fraction of sp³-hybridized carbons (Fsp3) is 0.667. The first kappa shape index (κ1) is 19.2. The Morgan fingerprint density at radius 3 is 2.58 bits per heavy atom. The van der Waals surface area contributed by atoms with E-state index in [1.807, 2.05) is 7.05 Å². The predicted molar refractivity (Wildman–Crippen MR) is 108 cm³/mol. The molecule has 1 saturated heterocycles. The van der Waals surface area contributed by atoms with E-state index in [2.05, 4.69) is 50.9 Å². The predicted octanol–water partition coefficient (Wildman–Crippen LogP) is 2.29. The summed E-state index contributed by atoms with van der Waals surface area (Å²) in [6, 6.07) is 11.4. The molecule has 1 aromatic rings. The smallest absolute Gasteiger partial charge is 0.191 e. The highest BCUT2D eigenvalue weighted by molar-refractivity contribution is 5.80. The lowest BCUT2D eigenvalue weighted by Crippen LogP contribution is -2.50. The van der Waals surface area contributed by atoms with Crippen molar-refractivity contribution in [3.63, 3.8) is 0 Å². The van der Waals surface area contributed by atoms with Crippen molar-refractivity contribution >= 4 is 5.96 Å². The third-order valence-electron chi connectivity index (χ3n) is 5.77. The highest BCUT2D eigenvalue weighted by atomic mass is 16.5. The van der Waals surface area contributed by atoms with Crippen LogP contribution in [0.4, 0.5) is 0 Å². The number of hydrogen-bond donors (Lipinski definition) is 2. The highest BCUT2D eigenvalue weighted by Gasteiger charge is 2.42. The molecule has 0 bridgehead atoms. The molecule has 1 heterocycles. The summed E-state index contributed by atoms with van der Waals surface area (Å²) in [5, 5.41) is 7.22. The van der Waals surface area contributed by atoms with E-state index in [9.17, 15) is 0 Å². The molecule has 0 unspecified atom stereocenters. The molecule has 1 aliphatic heterocycles. The Bertz CT molecular complexity index is 563. The van der Waals surface area contributed by atoms with E-state index < -0.39 is 0 Å². The molecule has 1 aromatic carbocycles. The van der Waals surface area contributed by atoms with E-state index in [-0.39, 0.29) is 0 Å². The fourth-order valence-electron chi connectivity index (χ4n) is 3.80. The molecule has 144 valence electrons. The van der Waals surface area contributed by atoms with Gasteiger partial charge in [-0.25, -0.2) is 0 Å². The zero-order valence-electron chi connectivity index (χ0n) is 16.3. The molecular formula is C21H34N4O. The van der Waals surface area contributed by atoms with Gasteiger partial charge >= 0.3 is 0 Å². The molecule has 0 amide bonds. The summed E-state index contributed by atoms with van der Waals surface area (Å²) in [4.78, 5) is 6.93. The van der Waals surface area contributed by atoms with Gasteiger partial charge in [-0.05, 0) is 43.1 Å². The highest BCUT2D eigenvalue weighted by Crippen LogP contribution is 2.47. The number of methoxy groups -OCH3 is 1. The first-order valence-corrected chi connectivity index (χ1v) is 9.95. The molecule has 0 atom stereocenters.